The lowest BCUT2D eigenvalue weighted by molar-refractivity contribution is -0.135. The van der Waals surface area contributed by atoms with Gasteiger partial charge in [-0.2, -0.15) is 0 Å². The average molecular weight is 400 g/mol. The number of hydrogen-bond donors (Lipinski definition) is 1. The van der Waals surface area contributed by atoms with Crippen LogP contribution in [0, 0.1) is 0 Å². The van der Waals surface area contributed by atoms with E-state index in [1.807, 2.05) is 42.2 Å². The van der Waals surface area contributed by atoms with Gasteiger partial charge >= 0.3 is 6.09 Å². The van der Waals surface area contributed by atoms with Crippen molar-refractivity contribution in [1.82, 2.24) is 15.1 Å². The Kier molecular flexibility index (Phi) is 5.81. The lowest BCUT2D eigenvalue weighted by Gasteiger charge is -2.58. The minimum absolute atomic E-state index is 0.102. The van der Waals surface area contributed by atoms with Crippen LogP contribution in [-0.4, -0.2) is 59.1 Å². The Labute approximate surface area is 173 Å². The van der Waals surface area contributed by atoms with Crippen LogP contribution in [0.4, 0.5) is 4.79 Å². The number of carbonyl (C=O) groups is 2. The first-order valence-corrected chi connectivity index (χ1v) is 11.1. The highest BCUT2D eigenvalue weighted by Gasteiger charge is 2.52. The zero-order chi connectivity index (χ0) is 20.3. The number of fused-ring (bicyclic) bond motifs is 3. The summed E-state index contributed by atoms with van der Waals surface area (Å²) < 4.78 is 5.46. The van der Waals surface area contributed by atoms with E-state index in [9.17, 15) is 9.59 Å². The number of ether oxygens (including phenoxy) is 1. The van der Waals surface area contributed by atoms with Gasteiger partial charge < -0.3 is 15.0 Å². The van der Waals surface area contributed by atoms with E-state index >= 15 is 0 Å². The van der Waals surface area contributed by atoms with Crippen LogP contribution in [0.25, 0.3) is 0 Å². The van der Waals surface area contributed by atoms with Gasteiger partial charge in [0.15, 0.2) is 0 Å². The van der Waals surface area contributed by atoms with Gasteiger partial charge in [0.2, 0.25) is 5.91 Å². The third-order valence-corrected chi connectivity index (χ3v) is 7.39. The van der Waals surface area contributed by atoms with Gasteiger partial charge in [0.1, 0.15) is 6.61 Å². The molecule has 0 atom stereocenters. The number of benzene rings is 1. The van der Waals surface area contributed by atoms with E-state index in [4.69, 9.17) is 4.74 Å². The van der Waals surface area contributed by atoms with Gasteiger partial charge in [-0.05, 0) is 44.1 Å². The van der Waals surface area contributed by atoms with E-state index in [-0.39, 0.29) is 23.1 Å². The van der Waals surface area contributed by atoms with Crippen LogP contribution in [-0.2, 0) is 16.1 Å². The van der Waals surface area contributed by atoms with Crippen molar-refractivity contribution in [1.29, 1.82) is 0 Å². The van der Waals surface area contributed by atoms with Crippen molar-refractivity contribution in [2.45, 2.75) is 69.6 Å². The van der Waals surface area contributed by atoms with E-state index in [2.05, 4.69) is 10.2 Å². The number of carbonyl (C=O) groups excluding carboxylic acids is 2. The highest BCUT2D eigenvalue weighted by molar-refractivity contribution is 5.75. The molecule has 0 spiro atoms. The largest absolute Gasteiger partial charge is 0.445 e. The second-order valence-corrected chi connectivity index (χ2v) is 8.91. The molecule has 2 amide bonds. The van der Waals surface area contributed by atoms with Gasteiger partial charge in [-0.1, -0.05) is 37.3 Å². The van der Waals surface area contributed by atoms with Crippen molar-refractivity contribution in [2.24, 2.45) is 0 Å². The van der Waals surface area contributed by atoms with Gasteiger partial charge in [-0.15, -0.1) is 0 Å². The van der Waals surface area contributed by atoms with Crippen molar-refractivity contribution in [3.05, 3.63) is 35.9 Å². The molecule has 3 aliphatic carbocycles. The zero-order valence-electron chi connectivity index (χ0n) is 17.5. The first-order chi connectivity index (χ1) is 14.0. The van der Waals surface area contributed by atoms with Crippen molar-refractivity contribution in [3.63, 3.8) is 0 Å². The van der Waals surface area contributed by atoms with E-state index in [0.29, 0.717) is 13.0 Å². The molecule has 158 valence electrons. The second-order valence-electron chi connectivity index (χ2n) is 8.91. The fourth-order valence-corrected chi connectivity index (χ4v) is 5.46. The van der Waals surface area contributed by atoms with Gasteiger partial charge in [-0.25, -0.2) is 4.79 Å². The Morgan fingerprint density at radius 1 is 0.966 bits per heavy atom. The first-order valence-electron chi connectivity index (χ1n) is 11.1. The number of nitrogens with one attached hydrogen (secondary N) is 1. The summed E-state index contributed by atoms with van der Waals surface area (Å²) in [5.74, 6) is 0.270. The van der Waals surface area contributed by atoms with E-state index in [1.54, 1.807) is 0 Å². The molecule has 2 bridgehead atoms. The monoisotopic (exact) mass is 399 g/mol. The highest BCUT2D eigenvalue weighted by atomic mass is 16.5. The Bertz CT molecular complexity index is 704. The SMILES string of the molecule is CCC(=O)N1CCN(C23CCC(NC(=O)OCc4ccccc4)(CC2)CC3)CC1. The number of hydrogen-bond acceptors (Lipinski definition) is 4. The summed E-state index contributed by atoms with van der Waals surface area (Å²) in [5, 5.41) is 3.21. The number of piperazine rings is 1. The normalized spacial score (nSPS) is 29.5. The van der Waals surface area contributed by atoms with Crippen LogP contribution in [0.2, 0.25) is 0 Å². The molecule has 1 saturated heterocycles. The van der Waals surface area contributed by atoms with Crippen LogP contribution in [0.3, 0.4) is 0 Å². The Balaban J connectivity index is 1.27. The molecule has 1 N–H and O–H groups in total. The molecule has 6 nitrogen and oxygen atoms in total. The summed E-state index contributed by atoms with van der Waals surface area (Å²) in [6, 6.07) is 9.80. The van der Waals surface area contributed by atoms with Crippen LogP contribution in [0.5, 0.6) is 0 Å². The van der Waals surface area contributed by atoms with Crippen molar-refractivity contribution in [2.75, 3.05) is 26.2 Å². The zero-order valence-corrected chi connectivity index (χ0v) is 17.5. The molecule has 29 heavy (non-hydrogen) atoms. The van der Waals surface area contributed by atoms with Gasteiger partial charge in [0.05, 0.1) is 0 Å². The fraction of sp³-hybridized carbons (Fsp3) is 0.652. The summed E-state index contributed by atoms with van der Waals surface area (Å²) in [6.07, 6.45) is 6.70. The predicted molar refractivity (Wildman–Crippen MR) is 111 cm³/mol. The molecule has 1 aromatic carbocycles. The third-order valence-electron chi connectivity index (χ3n) is 7.39. The second kappa shape index (κ2) is 8.34. The standard InChI is InChI=1S/C23H33N3O3/c1-2-20(27)25-14-16-26(17-15-25)23-11-8-22(9-12-23,10-13-23)24-21(28)29-18-19-6-4-3-5-7-19/h3-7H,2,8-18H2,1H3,(H,24,28). The minimum atomic E-state index is -0.296. The lowest BCUT2D eigenvalue weighted by Crippen LogP contribution is -2.66. The summed E-state index contributed by atoms with van der Waals surface area (Å²) in [5.41, 5.74) is 1.17. The number of alkyl carbamates (subject to hydrolysis) is 1. The summed E-state index contributed by atoms with van der Waals surface area (Å²) >= 11 is 0. The predicted octanol–water partition coefficient (Wildman–Crippen LogP) is 3.31. The van der Waals surface area contributed by atoms with Crippen molar-refractivity contribution in [3.8, 4) is 0 Å². The third kappa shape index (κ3) is 4.27. The molecule has 1 heterocycles. The van der Waals surface area contributed by atoms with E-state index in [1.165, 1.54) is 0 Å². The lowest BCUT2D eigenvalue weighted by atomic mass is 9.60. The number of amides is 2. The van der Waals surface area contributed by atoms with Gasteiger partial charge in [0.25, 0.3) is 0 Å². The topological polar surface area (TPSA) is 61.9 Å². The Hall–Kier alpha value is -2.08. The van der Waals surface area contributed by atoms with Gasteiger partial charge in [0, 0.05) is 43.7 Å². The summed E-state index contributed by atoms with van der Waals surface area (Å²) in [4.78, 5) is 29.0. The number of rotatable bonds is 5. The quantitative estimate of drug-likeness (QED) is 0.825. The molecule has 1 aliphatic heterocycles. The van der Waals surface area contributed by atoms with Crippen LogP contribution in [0.1, 0.15) is 57.4 Å². The molecule has 0 unspecified atom stereocenters. The maximum Gasteiger partial charge on any atom is 0.407 e. The maximum absolute atomic E-state index is 12.4. The molecule has 0 aromatic heterocycles. The van der Waals surface area contributed by atoms with Crippen LogP contribution >= 0.6 is 0 Å². The Morgan fingerprint density at radius 2 is 1.59 bits per heavy atom. The van der Waals surface area contributed by atoms with Crippen LogP contribution < -0.4 is 5.32 Å². The summed E-state index contributed by atoms with van der Waals surface area (Å²) in [7, 11) is 0. The molecular formula is C23H33N3O3. The van der Waals surface area contributed by atoms with E-state index < -0.39 is 0 Å². The average Bonchev–Trinajstić information content (AvgIpc) is 2.79. The van der Waals surface area contributed by atoms with Crippen molar-refractivity contribution >= 4 is 12.0 Å². The first kappa shape index (κ1) is 20.2. The molecule has 3 saturated carbocycles. The molecule has 4 fully saturated rings. The van der Waals surface area contributed by atoms with Gasteiger partial charge in [-0.3, -0.25) is 9.69 Å². The maximum atomic E-state index is 12.4. The minimum Gasteiger partial charge on any atom is -0.445 e. The highest BCUT2D eigenvalue weighted by Crippen LogP contribution is 2.50. The molecule has 4 aliphatic rings. The Morgan fingerprint density at radius 3 is 2.17 bits per heavy atom. The van der Waals surface area contributed by atoms with Crippen molar-refractivity contribution < 1.29 is 14.3 Å². The van der Waals surface area contributed by atoms with E-state index in [0.717, 1.165) is 70.3 Å². The smallest absolute Gasteiger partial charge is 0.407 e. The fourth-order valence-electron chi connectivity index (χ4n) is 5.46. The number of nitrogens with zero attached hydrogens (tertiary/aromatic N) is 2. The summed E-state index contributed by atoms with van der Waals surface area (Å²) in [6.45, 7) is 5.91. The molecule has 6 heteroatoms. The molecular weight excluding hydrogens is 366 g/mol. The molecule has 5 rings (SSSR count). The molecule has 1 aromatic rings. The van der Waals surface area contributed by atoms with Crippen LogP contribution in [0.15, 0.2) is 30.3 Å². The molecule has 0 radical (unpaired) electrons.